The third kappa shape index (κ3) is 3.88. The second-order valence-electron chi connectivity index (χ2n) is 9.60. The van der Waals surface area contributed by atoms with Gasteiger partial charge in [-0.25, -0.2) is 0 Å². The Hall–Kier alpha value is -3.58. The Balaban J connectivity index is 1.66. The number of ether oxygens (including phenoxy) is 2. The number of carbonyl (C=O) groups is 1. The van der Waals surface area contributed by atoms with Crippen LogP contribution >= 0.6 is 12.2 Å². The van der Waals surface area contributed by atoms with Crippen molar-refractivity contribution in [3.8, 4) is 11.5 Å². The van der Waals surface area contributed by atoms with Crippen LogP contribution in [0.3, 0.4) is 0 Å². The number of rotatable bonds is 5. The molecule has 0 aromatic heterocycles. The van der Waals surface area contributed by atoms with Crippen LogP contribution in [0.1, 0.15) is 42.1 Å². The number of hydrogen-bond acceptors (Lipinski definition) is 4. The van der Waals surface area contributed by atoms with Crippen LogP contribution in [0.2, 0.25) is 0 Å². The number of carbonyl (C=O) groups excluding carboxylic acids is 1. The van der Waals surface area contributed by atoms with Crippen LogP contribution in [-0.4, -0.2) is 23.4 Å². The van der Waals surface area contributed by atoms with E-state index in [1.165, 1.54) is 0 Å². The largest absolute Gasteiger partial charge is 0.490 e. The summed E-state index contributed by atoms with van der Waals surface area (Å²) in [5.41, 5.74) is 4.60. The van der Waals surface area contributed by atoms with Gasteiger partial charge in [-0.2, -0.15) is 0 Å². The Morgan fingerprint density at radius 3 is 2.61 bits per heavy atom. The molecule has 3 aromatic rings. The molecule has 3 aromatic carbocycles. The van der Waals surface area contributed by atoms with Gasteiger partial charge >= 0.3 is 0 Å². The Bertz CT molecular complexity index is 1360. The van der Waals surface area contributed by atoms with E-state index in [0.29, 0.717) is 23.2 Å². The summed E-state index contributed by atoms with van der Waals surface area (Å²) in [5.74, 6) is 0.527. The van der Waals surface area contributed by atoms with Gasteiger partial charge in [0.25, 0.3) is 0 Å². The molecule has 5 rings (SSSR count). The first kappa shape index (κ1) is 24.1. The number of nitrogens with one attached hydrogen (secondary N) is 2. The normalized spacial score (nSPS) is 22.2. The van der Waals surface area contributed by atoms with E-state index in [-0.39, 0.29) is 5.91 Å². The van der Waals surface area contributed by atoms with E-state index in [1.54, 1.807) is 0 Å². The molecule has 0 aliphatic carbocycles. The lowest BCUT2D eigenvalue weighted by molar-refractivity contribution is -0.130. The molecule has 186 valence electrons. The highest BCUT2D eigenvalue weighted by molar-refractivity contribution is 7.80. The van der Waals surface area contributed by atoms with E-state index in [4.69, 9.17) is 21.7 Å². The summed E-state index contributed by atoms with van der Waals surface area (Å²) < 4.78 is 12.7. The topological polar surface area (TPSA) is 62.8 Å². The van der Waals surface area contributed by atoms with E-state index in [2.05, 4.69) is 16.7 Å². The average Bonchev–Trinajstić information content (AvgIpc) is 2.82. The molecule has 1 saturated heterocycles. The molecule has 6 nitrogen and oxygen atoms in total. The molecule has 3 atom stereocenters. The minimum absolute atomic E-state index is 0.143. The average molecular weight is 502 g/mol. The van der Waals surface area contributed by atoms with Crippen LogP contribution in [-0.2, 0) is 4.79 Å². The van der Waals surface area contributed by atoms with Crippen molar-refractivity contribution in [1.29, 1.82) is 0 Å². The molecular weight excluding hydrogens is 470 g/mol. The summed E-state index contributed by atoms with van der Waals surface area (Å²) >= 11 is 5.88. The number of hydrogen-bond donors (Lipinski definition) is 2. The number of benzene rings is 3. The van der Waals surface area contributed by atoms with Crippen molar-refractivity contribution in [1.82, 2.24) is 5.32 Å². The molecule has 0 saturated carbocycles. The summed E-state index contributed by atoms with van der Waals surface area (Å²) in [6.45, 7) is 10.5. The zero-order valence-corrected chi connectivity index (χ0v) is 22.0. The van der Waals surface area contributed by atoms with Gasteiger partial charge < -0.3 is 20.1 Å². The molecule has 2 N–H and O–H groups in total. The maximum Gasteiger partial charge on any atom is 0.236 e. The highest BCUT2D eigenvalue weighted by Crippen LogP contribution is 2.53. The quantitative estimate of drug-likeness (QED) is 0.430. The number of anilines is 2. The monoisotopic (exact) mass is 501 g/mol. The Kier molecular flexibility index (Phi) is 6.12. The lowest BCUT2D eigenvalue weighted by atomic mass is 9.78. The predicted octanol–water partition coefficient (Wildman–Crippen LogP) is 5.81. The van der Waals surface area contributed by atoms with Crippen LogP contribution < -0.4 is 25.0 Å². The summed E-state index contributed by atoms with van der Waals surface area (Å²) in [4.78, 5) is 16.0. The Labute approximate surface area is 217 Å². The van der Waals surface area contributed by atoms with Crippen LogP contribution in [0.4, 0.5) is 11.4 Å². The first-order chi connectivity index (χ1) is 17.2. The highest BCUT2D eigenvalue weighted by atomic mass is 32.1. The second-order valence-corrected chi connectivity index (χ2v) is 9.99. The van der Waals surface area contributed by atoms with Gasteiger partial charge in [0.1, 0.15) is 5.92 Å². The van der Waals surface area contributed by atoms with E-state index in [9.17, 15) is 4.79 Å². The number of aryl methyl sites for hydroxylation is 3. The van der Waals surface area contributed by atoms with E-state index in [1.807, 2.05) is 94.1 Å². The van der Waals surface area contributed by atoms with Crippen molar-refractivity contribution in [3.63, 3.8) is 0 Å². The first-order valence-corrected chi connectivity index (χ1v) is 12.6. The van der Waals surface area contributed by atoms with Gasteiger partial charge in [-0.1, -0.05) is 48.0 Å². The fourth-order valence-corrected chi connectivity index (χ4v) is 5.79. The third-order valence-electron chi connectivity index (χ3n) is 7.07. The number of fused-ring (bicyclic) bond motifs is 4. The maximum atomic E-state index is 14.1. The molecule has 2 bridgehead atoms. The molecule has 7 heteroatoms. The maximum absolute atomic E-state index is 14.1. The summed E-state index contributed by atoms with van der Waals surface area (Å²) in [6, 6.07) is 19.4. The predicted molar refractivity (Wildman–Crippen MR) is 147 cm³/mol. The summed E-state index contributed by atoms with van der Waals surface area (Å²) in [6.07, 6.45) is 0. The SMILES string of the molecule is CCOc1cccc2c1O[C@@]1(C)[C@@H](C(=O)Nc3ccc(C)cc3C)[C@H]2NC(=S)N1c1ccccc1C. The molecule has 2 aliphatic heterocycles. The molecule has 1 amide bonds. The smallest absolute Gasteiger partial charge is 0.236 e. The summed E-state index contributed by atoms with van der Waals surface area (Å²) in [7, 11) is 0. The van der Waals surface area contributed by atoms with Crippen molar-refractivity contribution in [2.75, 3.05) is 16.8 Å². The fourth-order valence-electron chi connectivity index (χ4n) is 5.38. The number of nitrogens with zero attached hydrogens (tertiary/aromatic N) is 1. The minimum atomic E-state index is -1.11. The first-order valence-electron chi connectivity index (χ1n) is 12.2. The van der Waals surface area contributed by atoms with Crippen LogP contribution in [0.5, 0.6) is 11.5 Å². The van der Waals surface area contributed by atoms with E-state index < -0.39 is 17.7 Å². The third-order valence-corrected chi connectivity index (χ3v) is 7.37. The fraction of sp³-hybridized carbons (Fsp3) is 0.310. The van der Waals surface area contributed by atoms with Crippen LogP contribution in [0, 0.1) is 26.7 Å². The molecule has 2 aliphatic rings. The molecule has 0 radical (unpaired) electrons. The highest BCUT2D eigenvalue weighted by Gasteiger charge is 2.59. The van der Waals surface area contributed by atoms with Gasteiger partial charge in [-0.3, -0.25) is 9.69 Å². The van der Waals surface area contributed by atoms with E-state index in [0.717, 1.165) is 33.6 Å². The molecule has 36 heavy (non-hydrogen) atoms. The molecule has 2 heterocycles. The molecule has 1 fully saturated rings. The van der Waals surface area contributed by atoms with Crippen molar-refractivity contribution < 1.29 is 14.3 Å². The van der Waals surface area contributed by atoms with Gasteiger partial charge in [-0.15, -0.1) is 0 Å². The lowest BCUT2D eigenvalue weighted by Crippen LogP contribution is -2.72. The van der Waals surface area contributed by atoms with Crippen LogP contribution in [0.25, 0.3) is 0 Å². The van der Waals surface area contributed by atoms with Gasteiger partial charge in [0, 0.05) is 16.9 Å². The second kappa shape index (κ2) is 9.13. The van der Waals surface area contributed by atoms with Crippen molar-refractivity contribution in [2.24, 2.45) is 5.92 Å². The van der Waals surface area contributed by atoms with Crippen LogP contribution in [0.15, 0.2) is 60.7 Å². The number of para-hydroxylation sites is 2. The van der Waals surface area contributed by atoms with Crippen molar-refractivity contribution in [2.45, 2.75) is 46.4 Å². The van der Waals surface area contributed by atoms with Gasteiger partial charge in [0.15, 0.2) is 22.3 Å². The Morgan fingerprint density at radius 1 is 1.11 bits per heavy atom. The zero-order chi connectivity index (χ0) is 25.6. The lowest BCUT2D eigenvalue weighted by Gasteiger charge is -2.56. The zero-order valence-electron chi connectivity index (χ0n) is 21.2. The van der Waals surface area contributed by atoms with Gasteiger partial charge in [0.2, 0.25) is 5.91 Å². The van der Waals surface area contributed by atoms with Crippen molar-refractivity contribution in [3.05, 3.63) is 82.9 Å². The minimum Gasteiger partial charge on any atom is -0.490 e. The molecule has 0 unspecified atom stereocenters. The molecule has 0 spiro atoms. The molecular formula is C29H31N3O3S. The Morgan fingerprint density at radius 2 is 1.89 bits per heavy atom. The van der Waals surface area contributed by atoms with E-state index >= 15 is 0 Å². The van der Waals surface area contributed by atoms with Crippen molar-refractivity contribution >= 4 is 34.6 Å². The standard InChI is InChI=1S/C29H31N3O3S/c1-6-34-23-13-9-11-20-25-24(27(33)30-21-15-14-17(2)16-19(21)4)29(5,35-26(20)23)32(28(36)31-25)22-12-8-7-10-18(22)3/h7-16,24-25H,6H2,1-5H3,(H,30,33)(H,31,36)/t24-,25+,29+/m1/s1. The van der Waals surface area contributed by atoms with Gasteiger partial charge in [-0.05, 0) is 76.2 Å². The number of amides is 1. The summed E-state index contributed by atoms with van der Waals surface area (Å²) in [5, 5.41) is 7.16. The van der Waals surface area contributed by atoms with Gasteiger partial charge in [0.05, 0.1) is 12.6 Å². The number of thiocarbonyl (C=S) groups is 1.